The Morgan fingerprint density at radius 2 is 1.53 bits per heavy atom. The summed E-state index contributed by atoms with van der Waals surface area (Å²) in [4.78, 5) is 0. The molecule has 0 amide bonds. The average molecular weight is 260 g/mol. The summed E-state index contributed by atoms with van der Waals surface area (Å²) >= 11 is 0. The maximum Gasteiger partial charge on any atom is 0.0379 e. The summed E-state index contributed by atoms with van der Waals surface area (Å²) in [5, 5.41) is 0. The van der Waals surface area contributed by atoms with Crippen LogP contribution in [0.1, 0.15) is 56.2 Å². The van der Waals surface area contributed by atoms with Gasteiger partial charge in [0.05, 0.1) is 0 Å². The molecule has 0 unspecified atom stereocenters. The Balaban J connectivity index is 2.11. The summed E-state index contributed by atoms with van der Waals surface area (Å²) in [6, 6.07) is 5.09. The van der Waals surface area contributed by atoms with Crippen molar-refractivity contribution in [3.05, 3.63) is 28.8 Å². The summed E-state index contributed by atoms with van der Waals surface area (Å²) in [5.74, 6) is 0.817. The van der Waals surface area contributed by atoms with Gasteiger partial charge in [-0.05, 0) is 67.6 Å². The molecule has 1 fully saturated rings. The third-order valence-electron chi connectivity index (χ3n) is 4.59. The minimum absolute atomic E-state index is 0.445. The Bertz CT molecular complexity index is 392. The Kier molecular flexibility index (Phi) is 4.87. The van der Waals surface area contributed by atoms with Crippen LogP contribution in [0.3, 0.4) is 0 Å². The molecule has 2 heteroatoms. The van der Waals surface area contributed by atoms with Crippen LogP contribution in [0, 0.1) is 5.92 Å². The van der Waals surface area contributed by atoms with Crippen molar-refractivity contribution in [2.75, 3.05) is 5.73 Å². The van der Waals surface area contributed by atoms with Gasteiger partial charge in [-0.1, -0.05) is 26.0 Å². The normalized spacial score (nSPS) is 23.5. The van der Waals surface area contributed by atoms with Crippen LogP contribution in [0.15, 0.2) is 12.1 Å². The van der Waals surface area contributed by atoms with Crippen molar-refractivity contribution >= 4 is 5.69 Å². The largest absolute Gasteiger partial charge is 0.398 e. The van der Waals surface area contributed by atoms with E-state index < -0.39 is 0 Å². The van der Waals surface area contributed by atoms with Gasteiger partial charge in [-0.25, -0.2) is 0 Å². The first-order valence-electron chi connectivity index (χ1n) is 7.79. The molecular weight excluding hydrogens is 232 g/mol. The van der Waals surface area contributed by atoms with Crippen LogP contribution in [0.5, 0.6) is 0 Å². The molecule has 0 atom stereocenters. The van der Waals surface area contributed by atoms with E-state index in [0.717, 1.165) is 24.4 Å². The molecule has 1 aliphatic carbocycles. The molecule has 0 heterocycles. The van der Waals surface area contributed by atoms with Crippen LogP contribution >= 0.6 is 0 Å². The van der Waals surface area contributed by atoms with E-state index in [2.05, 4.69) is 26.0 Å². The van der Waals surface area contributed by atoms with E-state index in [1.165, 1.54) is 48.8 Å². The lowest BCUT2D eigenvalue weighted by molar-refractivity contribution is 0.325. The van der Waals surface area contributed by atoms with Gasteiger partial charge in [-0.2, -0.15) is 0 Å². The zero-order chi connectivity index (χ0) is 13.8. The Morgan fingerprint density at radius 3 is 2.00 bits per heavy atom. The molecule has 4 N–H and O–H groups in total. The highest BCUT2D eigenvalue weighted by atomic mass is 14.6. The van der Waals surface area contributed by atoms with Crippen LogP contribution < -0.4 is 11.5 Å². The summed E-state index contributed by atoms with van der Waals surface area (Å²) in [6.07, 6.45) is 8.22. The highest BCUT2D eigenvalue weighted by molar-refractivity contribution is 5.55. The summed E-state index contributed by atoms with van der Waals surface area (Å²) < 4.78 is 0. The molecule has 0 bridgehead atoms. The van der Waals surface area contributed by atoms with Crippen molar-refractivity contribution in [2.24, 2.45) is 11.7 Å². The molecule has 1 saturated carbocycles. The fourth-order valence-electron chi connectivity index (χ4n) is 3.28. The Morgan fingerprint density at radius 1 is 1.00 bits per heavy atom. The van der Waals surface area contributed by atoms with Gasteiger partial charge in [0.1, 0.15) is 0 Å². The van der Waals surface area contributed by atoms with E-state index in [4.69, 9.17) is 11.5 Å². The van der Waals surface area contributed by atoms with Gasteiger partial charge in [0, 0.05) is 11.7 Å². The maximum absolute atomic E-state index is 6.21. The van der Waals surface area contributed by atoms with Gasteiger partial charge in [-0.15, -0.1) is 0 Å². The fourth-order valence-corrected chi connectivity index (χ4v) is 3.28. The summed E-state index contributed by atoms with van der Waals surface area (Å²) in [5.41, 5.74) is 17.3. The van der Waals surface area contributed by atoms with E-state index in [1.807, 2.05) is 0 Å². The molecule has 0 aromatic heterocycles. The predicted molar refractivity (Wildman–Crippen MR) is 83.2 cm³/mol. The molecule has 1 aliphatic rings. The molecule has 1 aromatic carbocycles. The second kappa shape index (κ2) is 6.42. The number of anilines is 1. The van der Waals surface area contributed by atoms with Crippen molar-refractivity contribution < 1.29 is 0 Å². The molecule has 106 valence electrons. The van der Waals surface area contributed by atoms with Crippen LogP contribution in [0.4, 0.5) is 5.69 Å². The van der Waals surface area contributed by atoms with Crippen LogP contribution in [0.2, 0.25) is 0 Å². The highest BCUT2D eigenvalue weighted by Crippen LogP contribution is 2.29. The quantitative estimate of drug-likeness (QED) is 0.815. The molecule has 0 spiro atoms. The van der Waals surface area contributed by atoms with E-state index in [1.54, 1.807) is 0 Å². The van der Waals surface area contributed by atoms with Crippen LogP contribution in [-0.4, -0.2) is 6.04 Å². The van der Waals surface area contributed by atoms with Crippen molar-refractivity contribution in [2.45, 2.75) is 64.8 Å². The number of hydrogen-bond acceptors (Lipinski definition) is 2. The Hall–Kier alpha value is -1.02. The second-order valence-corrected chi connectivity index (χ2v) is 6.02. The first-order valence-corrected chi connectivity index (χ1v) is 7.79. The van der Waals surface area contributed by atoms with Gasteiger partial charge in [0.2, 0.25) is 0 Å². The zero-order valence-electron chi connectivity index (χ0n) is 12.4. The molecule has 19 heavy (non-hydrogen) atoms. The first kappa shape index (κ1) is 14.4. The molecule has 0 saturated heterocycles. The summed E-state index contributed by atoms with van der Waals surface area (Å²) in [6.45, 7) is 4.38. The fraction of sp³-hybridized carbons (Fsp3) is 0.647. The number of nitrogens with two attached hydrogens (primary N) is 2. The standard InChI is InChI=1S/C17H28N2/c1-3-14-10-13(11-15(4-2)17(14)19)9-12-5-7-16(18)8-6-12/h10-12,16H,3-9,18-19H2,1-2H3. The number of benzene rings is 1. The van der Waals surface area contributed by atoms with Crippen LogP contribution in [0.25, 0.3) is 0 Å². The van der Waals surface area contributed by atoms with Crippen molar-refractivity contribution in [3.8, 4) is 0 Å². The molecule has 2 nitrogen and oxygen atoms in total. The minimum Gasteiger partial charge on any atom is -0.398 e. The van der Waals surface area contributed by atoms with E-state index >= 15 is 0 Å². The van der Waals surface area contributed by atoms with E-state index in [0.29, 0.717) is 6.04 Å². The molecule has 2 rings (SSSR count). The smallest absolute Gasteiger partial charge is 0.0379 e. The lowest BCUT2D eigenvalue weighted by atomic mass is 9.82. The van der Waals surface area contributed by atoms with Crippen LogP contribution in [-0.2, 0) is 19.3 Å². The first-order chi connectivity index (χ1) is 9.13. The maximum atomic E-state index is 6.21. The molecule has 0 radical (unpaired) electrons. The van der Waals surface area contributed by atoms with Crippen molar-refractivity contribution in [3.63, 3.8) is 0 Å². The SMILES string of the molecule is CCc1cc(CC2CCC(N)CC2)cc(CC)c1N. The number of hydrogen-bond donors (Lipinski definition) is 2. The van der Waals surface area contributed by atoms with Gasteiger partial charge in [0.25, 0.3) is 0 Å². The zero-order valence-corrected chi connectivity index (χ0v) is 12.4. The van der Waals surface area contributed by atoms with Gasteiger partial charge in [-0.3, -0.25) is 0 Å². The van der Waals surface area contributed by atoms with E-state index in [-0.39, 0.29) is 0 Å². The second-order valence-electron chi connectivity index (χ2n) is 6.02. The topological polar surface area (TPSA) is 52.0 Å². The van der Waals surface area contributed by atoms with Gasteiger partial charge < -0.3 is 11.5 Å². The van der Waals surface area contributed by atoms with Gasteiger partial charge in [0.15, 0.2) is 0 Å². The third kappa shape index (κ3) is 3.50. The minimum atomic E-state index is 0.445. The number of rotatable bonds is 4. The average Bonchev–Trinajstić information content (AvgIpc) is 2.43. The summed E-state index contributed by atoms with van der Waals surface area (Å²) in [7, 11) is 0. The van der Waals surface area contributed by atoms with E-state index in [9.17, 15) is 0 Å². The predicted octanol–water partition coefficient (Wildman–Crippen LogP) is 3.45. The molecular formula is C17H28N2. The lowest BCUT2D eigenvalue weighted by Gasteiger charge is -2.26. The number of nitrogen functional groups attached to an aromatic ring is 1. The van der Waals surface area contributed by atoms with Crippen molar-refractivity contribution in [1.82, 2.24) is 0 Å². The monoisotopic (exact) mass is 260 g/mol. The number of aryl methyl sites for hydroxylation is 2. The lowest BCUT2D eigenvalue weighted by Crippen LogP contribution is -2.27. The van der Waals surface area contributed by atoms with Gasteiger partial charge >= 0.3 is 0 Å². The third-order valence-corrected chi connectivity index (χ3v) is 4.59. The highest BCUT2D eigenvalue weighted by Gasteiger charge is 2.19. The molecule has 0 aliphatic heterocycles. The Labute approximate surface area is 117 Å². The molecule has 1 aromatic rings. The van der Waals surface area contributed by atoms with Crippen molar-refractivity contribution in [1.29, 1.82) is 0 Å².